The number of para-hydroxylation sites is 1. The van der Waals surface area contributed by atoms with Gasteiger partial charge in [0.2, 0.25) is 5.91 Å². The molecule has 208 valence electrons. The third-order valence-corrected chi connectivity index (χ3v) is 8.87. The van der Waals surface area contributed by atoms with Crippen molar-refractivity contribution < 1.29 is 23.9 Å². The summed E-state index contributed by atoms with van der Waals surface area (Å²) < 4.78 is 10.6. The first-order valence-electron chi connectivity index (χ1n) is 13.8. The van der Waals surface area contributed by atoms with E-state index in [1.807, 2.05) is 65.7 Å². The van der Waals surface area contributed by atoms with Crippen molar-refractivity contribution in [3.8, 4) is 11.5 Å². The van der Waals surface area contributed by atoms with Gasteiger partial charge in [-0.25, -0.2) is 0 Å². The van der Waals surface area contributed by atoms with Crippen LogP contribution < -0.4 is 14.8 Å². The molecule has 0 radical (unpaired) electrons. The molecule has 7 heteroatoms. The van der Waals surface area contributed by atoms with E-state index in [0.717, 1.165) is 11.1 Å². The zero-order valence-corrected chi connectivity index (χ0v) is 23.1. The Morgan fingerprint density at radius 2 is 1.36 bits per heavy atom. The Bertz CT molecular complexity index is 1760. The SMILES string of the molecule is COc1ccc(C(=O)[C@@H]2[C@H](C(=O)c3ccc(OC)cc3)[C@@]3(C(=O)Nc4ccccc43)[C@@H]3c4ccccc4C=CN23)cc1. The van der Waals surface area contributed by atoms with Crippen LogP contribution in [0.1, 0.15) is 43.4 Å². The van der Waals surface area contributed by atoms with Gasteiger partial charge in [-0.15, -0.1) is 0 Å². The molecule has 0 bridgehead atoms. The normalized spacial score (nSPS) is 23.1. The molecule has 1 fully saturated rings. The Morgan fingerprint density at radius 3 is 2.02 bits per heavy atom. The number of carbonyl (C=O) groups is 3. The highest BCUT2D eigenvalue weighted by molar-refractivity contribution is 6.16. The van der Waals surface area contributed by atoms with Crippen molar-refractivity contribution >= 4 is 29.2 Å². The average Bonchev–Trinajstić information content (AvgIpc) is 3.52. The van der Waals surface area contributed by atoms with Crippen LogP contribution in [0.25, 0.3) is 6.08 Å². The second-order valence-electron chi connectivity index (χ2n) is 10.8. The predicted molar refractivity (Wildman–Crippen MR) is 159 cm³/mol. The Morgan fingerprint density at radius 1 is 0.762 bits per heavy atom. The maximum absolute atomic E-state index is 14.8. The van der Waals surface area contributed by atoms with Gasteiger partial charge in [-0.3, -0.25) is 14.4 Å². The second kappa shape index (κ2) is 9.73. The van der Waals surface area contributed by atoms with Crippen LogP contribution in [0.4, 0.5) is 5.69 Å². The van der Waals surface area contributed by atoms with Crippen LogP contribution in [0.2, 0.25) is 0 Å². The summed E-state index contributed by atoms with van der Waals surface area (Å²) in [5.74, 6) is -0.624. The number of anilines is 1. The zero-order valence-electron chi connectivity index (χ0n) is 23.1. The molecule has 1 spiro atoms. The van der Waals surface area contributed by atoms with E-state index in [4.69, 9.17) is 9.47 Å². The largest absolute Gasteiger partial charge is 0.497 e. The summed E-state index contributed by atoms with van der Waals surface area (Å²) >= 11 is 0. The molecule has 42 heavy (non-hydrogen) atoms. The third-order valence-electron chi connectivity index (χ3n) is 8.87. The van der Waals surface area contributed by atoms with Crippen molar-refractivity contribution in [2.75, 3.05) is 19.5 Å². The van der Waals surface area contributed by atoms with E-state index >= 15 is 0 Å². The minimum Gasteiger partial charge on any atom is -0.497 e. The number of benzene rings is 4. The van der Waals surface area contributed by atoms with Crippen LogP contribution in [0, 0.1) is 5.92 Å². The van der Waals surface area contributed by atoms with Crippen LogP contribution in [0.3, 0.4) is 0 Å². The first-order valence-corrected chi connectivity index (χ1v) is 13.8. The lowest BCUT2D eigenvalue weighted by molar-refractivity contribution is -0.122. The van der Waals surface area contributed by atoms with E-state index in [9.17, 15) is 14.4 Å². The molecule has 7 rings (SSSR count). The molecule has 4 aromatic rings. The summed E-state index contributed by atoms with van der Waals surface area (Å²) in [7, 11) is 3.13. The molecular formula is C35H28N2O5. The van der Waals surface area contributed by atoms with Gasteiger partial charge in [-0.05, 0) is 77.4 Å². The molecule has 0 aliphatic carbocycles. The summed E-state index contributed by atoms with van der Waals surface area (Å²) in [6.07, 6.45) is 3.82. The van der Waals surface area contributed by atoms with Gasteiger partial charge in [-0.1, -0.05) is 42.5 Å². The topological polar surface area (TPSA) is 84.9 Å². The summed E-state index contributed by atoms with van der Waals surface area (Å²) in [6.45, 7) is 0. The van der Waals surface area contributed by atoms with Gasteiger partial charge in [0.05, 0.1) is 26.2 Å². The maximum atomic E-state index is 14.8. The van der Waals surface area contributed by atoms with Crippen molar-refractivity contribution in [3.05, 3.63) is 131 Å². The Balaban J connectivity index is 1.50. The quantitative estimate of drug-likeness (QED) is 0.308. The fraction of sp³-hybridized carbons (Fsp3) is 0.171. The van der Waals surface area contributed by atoms with Gasteiger partial charge in [0, 0.05) is 23.0 Å². The van der Waals surface area contributed by atoms with Crippen LogP contribution in [-0.4, -0.2) is 42.6 Å². The van der Waals surface area contributed by atoms with Gasteiger partial charge in [0.1, 0.15) is 23.0 Å². The molecular weight excluding hydrogens is 528 g/mol. The van der Waals surface area contributed by atoms with Crippen molar-refractivity contribution in [2.45, 2.75) is 17.5 Å². The smallest absolute Gasteiger partial charge is 0.238 e. The number of rotatable bonds is 6. The molecule has 0 aromatic heterocycles. The average molecular weight is 557 g/mol. The molecule has 0 unspecified atom stereocenters. The lowest BCUT2D eigenvalue weighted by Crippen LogP contribution is -2.49. The molecule has 1 amide bonds. The number of nitrogens with zero attached hydrogens (tertiary/aromatic N) is 1. The molecule has 4 atom stereocenters. The molecule has 3 heterocycles. The monoisotopic (exact) mass is 556 g/mol. The fourth-order valence-electron chi connectivity index (χ4n) is 7.03. The molecule has 1 N–H and O–H groups in total. The summed E-state index contributed by atoms with van der Waals surface area (Å²) in [5, 5.41) is 3.07. The fourth-order valence-corrected chi connectivity index (χ4v) is 7.03. The van der Waals surface area contributed by atoms with Gasteiger partial charge in [-0.2, -0.15) is 0 Å². The summed E-state index contributed by atoms with van der Waals surface area (Å²) in [5.41, 5.74) is 2.67. The number of fused-ring (bicyclic) bond motifs is 6. The number of hydrogen-bond acceptors (Lipinski definition) is 6. The highest BCUT2D eigenvalue weighted by Gasteiger charge is 2.70. The molecule has 4 aromatic carbocycles. The van der Waals surface area contributed by atoms with Gasteiger partial charge >= 0.3 is 0 Å². The lowest BCUT2D eigenvalue weighted by Gasteiger charge is -2.38. The molecule has 0 saturated carbocycles. The van der Waals surface area contributed by atoms with Crippen LogP contribution in [0.15, 0.2) is 103 Å². The number of methoxy groups -OCH3 is 2. The molecule has 3 aliphatic rings. The maximum Gasteiger partial charge on any atom is 0.238 e. The molecule has 7 nitrogen and oxygen atoms in total. The van der Waals surface area contributed by atoms with Gasteiger partial charge in [0.25, 0.3) is 0 Å². The first-order chi connectivity index (χ1) is 20.5. The minimum atomic E-state index is -1.37. The van der Waals surface area contributed by atoms with E-state index < -0.39 is 23.4 Å². The number of ketones is 2. The van der Waals surface area contributed by atoms with Gasteiger partial charge in [0.15, 0.2) is 11.6 Å². The molecule has 3 aliphatic heterocycles. The molecule has 1 saturated heterocycles. The van der Waals surface area contributed by atoms with Crippen molar-refractivity contribution in [2.24, 2.45) is 5.92 Å². The van der Waals surface area contributed by atoms with E-state index in [0.29, 0.717) is 33.9 Å². The number of amides is 1. The highest BCUT2D eigenvalue weighted by atomic mass is 16.5. The van der Waals surface area contributed by atoms with E-state index in [1.165, 1.54) is 0 Å². The van der Waals surface area contributed by atoms with Gasteiger partial charge < -0.3 is 19.7 Å². The number of Topliss-reactive ketones (excluding diaryl/α,β-unsaturated/α-hetero) is 2. The summed E-state index contributed by atoms with van der Waals surface area (Å²) in [6, 6.07) is 27.5. The minimum absolute atomic E-state index is 0.243. The van der Waals surface area contributed by atoms with Crippen LogP contribution in [0.5, 0.6) is 11.5 Å². The Labute approximate surface area is 243 Å². The number of hydrogen-bond donors (Lipinski definition) is 1. The predicted octanol–water partition coefficient (Wildman–Crippen LogP) is 5.69. The first kappa shape index (κ1) is 25.8. The van der Waals surface area contributed by atoms with Crippen LogP contribution >= 0.6 is 0 Å². The van der Waals surface area contributed by atoms with Crippen molar-refractivity contribution in [3.63, 3.8) is 0 Å². The van der Waals surface area contributed by atoms with E-state index in [1.54, 1.807) is 62.8 Å². The van der Waals surface area contributed by atoms with E-state index in [-0.39, 0.29) is 17.5 Å². The third kappa shape index (κ3) is 3.56. The van der Waals surface area contributed by atoms with Crippen LogP contribution in [-0.2, 0) is 10.2 Å². The Hall–Kier alpha value is -5.17. The standard InChI is InChI=1S/C35H28N2O5/c1-41-24-15-11-22(12-16-24)31(38)29-30(32(39)23-13-17-25(42-2)18-14-23)37-20-19-21-7-3-4-8-26(21)33(37)35(29)27-9-5-6-10-28(27)36-34(35)40/h3-20,29-30,33H,1-2H3,(H,36,40)/t29-,30+,33+,35-/m1/s1. The number of nitrogens with one attached hydrogen (secondary N) is 1. The Kier molecular flexibility index (Phi) is 5.97. The second-order valence-corrected chi connectivity index (χ2v) is 10.8. The lowest BCUT2D eigenvalue weighted by atomic mass is 9.62. The highest BCUT2D eigenvalue weighted by Crippen LogP contribution is 2.62. The zero-order chi connectivity index (χ0) is 29.0. The van der Waals surface area contributed by atoms with Crippen molar-refractivity contribution in [1.82, 2.24) is 4.90 Å². The van der Waals surface area contributed by atoms with Crippen molar-refractivity contribution in [1.29, 1.82) is 0 Å². The number of carbonyl (C=O) groups excluding carboxylic acids is 3. The summed E-state index contributed by atoms with van der Waals surface area (Å²) in [4.78, 5) is 45.8. The van der Waals surface area contributed by atoms with E-state index in [2.05, 4.69) is 5.32 Å². The number of ether oxygens (including phenoxy) is 2.